The molecule has 1 atom stereocenters. The Labute approximate surface area is 125 Å². The molecule has 20 heavy (non-hydrogen) atoms. The SMILES string of the molecule is CCCNC(c1ccc(Br)o1)c1ccc(C)c(F)c1F. The second kappa shape index (κ2) is 6.50. The molecule has 2 rings (SSSR count). The van der Waals surface area contributed by atoms with Crippen LogP contribution in [0.5, 0.6) is 0 Å². The van der Waals surface area contributed by atoms with E-state index >= 15 is 0 Å². The average molecular weight is 344 g/mol. The molecule has 0 radical (unpaired) electrons. The fourth-order valence-corrected chi connectivity index (χ4v) is 2.34. The van der Waals surface area contributed by atoms with Crippen molar-refractivity contribution in [3.8, 4) is 0 Å². The largest absolute Gasteiger partial charge is 0.452 e. The van der Waals surface area contributed by atoms with Crippen molar-refractivity contribution in [3.63, 3.8) is 0 Å². The molecular formula is C15H16BrF2NO. The van der Waals surface area contributed by atoms with Crippen LogP contribution < -0.4 is 5.32 Å². The number of hydrogen-bond donors (Lipinski definition) is 1. The molecule has 0 saturated heterocycles. The van der Waals surface area contributed by atoms with E-state index in [4.69, 9.17) is 4.42 Å². The number of rotatable bonds is 5. The van der Waals surface area contributed by atoms with E-state index in [1.54, 1.807) is 31.2 Å². The van der Waals surface area contributed by atoms with E-state index < -0.39 is 17.7 Å². The van der Waals surface area contributed by atoms with Crippen LogP contribution in [0.3, 0.4) is 0 Å². The van der Waals surface area contributed by atoms with Crippen LogP contribution in [0.4, 0.5) is 8.78 Å². The molecule has 2 nitrogen and oxygen atoms in total. The van der Waals surface area contributed by atoms with Crippen LogP contribution in [0.1, 0.15) is 36.3 Å². The molecule has 1 unspecified atom stereocenters. The van der Waals surface area contributed by atoms with Crippen molar-refractivity contribution in [1.82, 2.24) is 5.32 Å². The fraction of sp³-hybridized carbons (Fsp3) is 0.333. The highest BCUT2D eigenvalue weighted by Gasteiger charge is 2.23. The van der Waals surface area contributed by atoms with Crippen LogP contribution >= 0.6 is 15.9 Å². The lowest BCUT2D eigenvalue weighted by molar-refractivity contribution is 0.415. The molecule has 1 aromatic carbocycles. The second-order valence-electron chi connectivity index (χ2n) is 4.63. The van der Waals surface area contributed by atoms with Crippen molar-refractivity contribution in [3.05, 3.63) is 57.5 Å². The van der Waals surface area contributed by atoms with Gasteiger partial charge in [-0.2, -0.15) is 0 Å². The average Bonchev–Trinajstić information content (AvgIpc) is 2.85. The molecule has 1 N–H and O–H groups in total. The summed E-state index contributed by atoms with van der Waals surface area (Å²) in [7, 11) is 0. The van der Waals surface area contributed by atoms with E-state index in [0.29, 0.717) is 22.5 Å². The Morgan fingerprint density at radius 3 is 2.55 bits per heavy atom. The first-order valence-electron chi connectivity index (χ1n) is 6.47. The van der Waals surface area contributed by atoms with Gasteiger partial charge in [0.1, 0.15) is 5.76 Å². The second-order valence-corrected chi connectivity index (χ2v) is 5.41. The van der Waals surface area contributed by atoms with E-state index in [9.17, 15) is 8.78 Å². The third-order valence-electron chi connectivity index (χ3n) is 3.09. The molecule has 0 amide bonds. The summed E-state index contributed by atoms with van der Waals surface area (Å²) in [5.74, 6) is -1.09. The van der Waals surface area contributed by atoms with Gasteiger partial charge in [-0.1, -0.05) is 19.1 Å². The number of furan rings is 1. The van der Waals surface area contributed by atoms with Crippen LogP contribution in [0, 0.1) is 18.6 Å². The molecule has 0 spiro atoms. The zero-order chi connectivity index (χ0) is 14.7. The predicted octanol–water partition coefficient (Wildman–Crippen LogP) is 4.72. The molecule has 108 valence electrons. The molecule has 0 aliphatic heterocycles. The van der Waals surface area contributed by atoms with Gasteiger partial charge in [-0.15, -0.1) is 0 Å². The zero-order valence-corrected chi connectivity index (χ0v) is 12.9. The van der Waals surface area contributed by atoms with Crippen molar-refractivity contribution in [1.29, 1.82) is 0 Å². The van der Waals surface area contributed by atoms with Crippen LogP contribution in [-0.2, 0) is 0 Å². The fourth-order valence-electron chi connectivity index (χ4n) is 2.02. The minimum absolute atomic E-state index is 0.253. The van der Waals surface area contributed by atoms with E-state index in [0.717, 1.165) is 6.42 Å². The smallest absolute Gasteiger partial charge is 0.169 e. The highest BCUT2D eigenvalue weighted by atomic mass is 79.9. The molecular weight excluding hydrogens is 328 g/mol. The molecule has 1 heterocycles. The first-order chi connectivity index (χ1) is 9.54. The maximum atomic E-state index is 14.2. The third-order valence-corrected chi connectivity index (χ3v) is 3.52. The summed E-state index contributed by atoms with van der Waals surface area (Å²) < 4.78 is 34.0. The predicted molar refractivity (Wildman–Crippen MR) is 77.6 cm³/mol. The summed E-state index contributed by atoms with van der Waals surface area (Å²) in [6.45, 7) is 4.23. The summed E-state index contributed by atoms with van der Waals surface area (Å²) in [6.07, 6.45) is 0.883. The van der Waals surface area contributed by atoms with Gasteiger partial charge in [0.2, 0.25) is 0 Å². The van der Waals surface area contributed by atoms with Crippen LogP contribution in [0.2, 0.25) is 0 Å². The lowest BCUT2D eigenvalue weighted by Gasteiger charge is -2.18. The summed E-state index contributed by atoms with van der Waals surface area (Å²) in [5.41, 5.74) is 0.546. The zero-order valence-electron chi connectivity index (χ0n) is 11.3. The first kappa shape index (κ1) is 15.2. The van der Waals surface area contributed by atoms with Crippen molar-refractivity contribution >= 4 is 15.9 Å². The van der Waals surface area contributed by atoms with E-state index in [-0.39, 0.29) is 5.56 Å². The van der Waals surface area contributed by atoms with Crippen LogP contribution in [-0.4, -0.2) is 6.54 Å². The molecule has 0 aliphatic carbocycles. The Morgan fingerprint density at radius 1 is 1.20 bits per heavy atom. The molecule has 5 heteroatoms. The van der Waals surface area contributed by atoms with Gasteiger partial charge in [0.15, 0.2) is 16.3 Å². The number of hydrogen-bond acceptors (Lipinski definition) is 2. The molecule has 1 aromatic heterocycles. The Bertz CT molecular complexity index is 598. The van der Waals surface area contributed by atoms with E-state index in [1.165, 1.54) is 0 Å². The maximum Gasteiger partial charge on any atom is 0.169 e. The van der Waals surface area contributed by atoms with Gasteiger partial charge < -0.3 is 9.73 Å². The highest BCUT2D eigenvalue weighted by Crippen LogP contribution is 2.29. The van der Waals surface area contributed by atoms with Crippen molar-refractivity contribution < 1.29 is 13.2 Å². The summed E-state index contributed by atoms with van der Waals surface area (Å²) in [4.78, 5) is 0. The minimum atomic E-state index is -0.828. The van der Waals surface area contributed by atoms with Gasteiger partial charge in [-0.05, 0) is 53.5 Å². The van der Waals surface area contributed by atoms with Gasteiger partial charge in [0.25, 0.3) is 0 Å². The van der Waals surface area contributed by atoms with Gasteiger partial charge in [-0.3, -0.25) is 0 Å². The lowest BCUT2D eigenvalue weighted by atomic mass is 10.0. The Morgan fingerprint density at radius 2 is 1.95 bits per heavy atom. The van der Waals surface area contributed by atoms with Crippen molar-refractivity contribution in [2.75, 3.05) is 6.54 Å². The van der Waals surface area contributed by atoms with Gasteiger partial charge in [0.05, 0.1) is 6.04 Å². The molecule has 2 aromatic rings. The molecule has 0 bridgehead atoms. The first-order valence-corrected chi connectivity index (χ1v) is 7.27. The Kier molecular flexibility index (Phi) is 4.94. The Balaban J connectivity index is 2.43. The third kappa shape index (κ3) is 3.10. The molecule has 0 saturated carbocycles. The monoisotopic (exact) mass is 343 g/mol. The quantitative estimate of drug-likeness (QED) is 0.849. The standard InChI is InChI=1S/C15H16BrF2NO/c1-3-8-19-15(11-6-7-12(16)20-11)10-5-4-9(2)13(17)14(10)18/h4-7,15,19H,3,8H2,1-2H3. The van der Waals surface area contributed by atoms with E-state index in [1.807, 2.05) is 6.92 Å². The van der Waals surface area contributed by atoms with Crippen LogP contribution in [0.25, 0.3) is 0 Å². The van der Waals surface area contributed by atoms with Crippen LogP contribution in [0.15, 0.2) is 33.4 Å². The molecule has 0 aliphatic rings. The lowest BCUT2D eigenvalue weighted by Crippen LogP contribution is -2.24. The number of nitrogens with one attached hydrogen (secondary N) is 1. The molecule has 0 fully saturated rings. The number of halogens is 3. The van der Waals surface area contributed by atoms with Gasteiger partial charge in [-0.25, -0.2) is 8.78 Å². The Hall–Kier alpha value is -1.20. The topological polar surface area (TPSA) is 25.2 Å². The number of aryl methyl sites for hydroxylation is 1. The van der Waals surface area contributed by atoms with E-state index in [2.05, 4.69) is 21.2 Å². The maximum absolute atomic E-state index is 14.2. The highest BCUT2D eigenvalue weighted by molar-refractivity contribution is 9.10. The number of benzene rings is 1. The minimum Gasteiger partial charge on any atom is -0.452 e. The van der Waals surface area contributed by atoms with Gasteiger partial charge >= 0.3 is 0 Å². The van der Waals surface area contributed by atoms with Crippen molar-refractivity contribution in [2.45, 2.75) is 26.3 Å². The summed E-state index contributed by atoms with van der Waals surface area (Å²) >= 11 is 3.22. The van der Waals surface area contributed by atoms with Crippen molar-refractivity contribution in [2.24, 2.45) is 0 Å². The summed E-state index contributed by atoms with van der Waals surface area (Å²) in [6, 6.07) is 6.15. The van der Waals surface area contributed by atoms with Gasteiger partial charge in [0, 0.05) is 5.56 Å². The summed E-state index contributed by atoms with van der Waals surface area (Å²) in [5, 5.41) is 3.18. The normalized spacial score (nSPS) is 12.7.